The molecule has 3 nitrogen and oxygen atoms in total. The van der Waals surface area contributed by atoms with E-state index in [9.17, 15) is 5.11 Å². The van der Waals surface area contributed by atoms with Crippen LogP contribution in [0.3, 0.4) is 0 Å². The van der Waals surface area contributed by atoms with E-state index in [1.54, 1.807) is 24.4 Å². The summed E-state index contributed by atoms with van der Waals surface area (Å²) in [7, 11) is 0. The summed E-state index contributed by atoms with van der Waals surface area (Å²) in [6.45, 7) is 0. The number of ether oxygens (including phenoxy) is 1. The molecule has 0 bridgehead atoms. The lowest BCUT2D eigenvalue weighted by molar-refractivity contribution is 0.115. The molecule has 1 aromatic heterocycles. The van der Waals surface area contributed by atoms with Crippen molar-refractivity contribution >= 4 is 11.6 Å². The number of phenols is 1. The molecule has 0 saturated heterocycles. The maximum absolute atomic E-state index is 9.90. The topological polar surface area (TPSA) is 42.4 Å². The number of benzene rings is 1. The molecule has 0 amide bonds. The van der Waals surface area contributed by atoms with Gasteiger partial charge in [0.1, 0.15) is 11.9 Å². The van der Waals surface area contributed by atoms with Crippen molar-refractivity contribution in [2.75, 3.05) is 0 Å². The second-order valence-electron chi connectivity index (χ2n) is 4.71. The molecule has 19 heavy (non-hydrogen) atoms. The molecule has 0 atom stereocenters. The quantitative estimate of drug-likeness (QED) is 0.919. The highest BCUT2D eigenvalue weighted by Crippen LogP contribution is 2.33. The fourth-order valence-corrected chi connectivity index (χ4v) is 2.21. The van der Waals surface area contributed by atoms with Crippen LogP contribution >= 0.6 is 11.6 Å². The van der Waals surface area contributed by atoms with Crippen molar-refractivity contribution in [1.82, 2.24) is 4.98 Å². The summed E-state index contributed by atoms with van der Waals surface area (Å²) in [6.07, 6.45) is 5.38. The van der Waals surface area contributed by atoms with Gasteiger partial charge in [-0.1, -0.05) is 11.6 Å². The first-order chi connectivity index (χ1) is 9.22. The van der Waals surface area contributed by atoms with E-state index in [0.29, 0.717) is 16.5 Å². The SMILES string of the molecule is Oc1ccc(Cl)cc1-c1ccnc(OC2CCC2)c1. The molecule has 3 rings (SSSR count). The molecule has 1 aliphatic rings. The van der Waals surface area contributed by atoms with Crippen molar-refractivity contribution in [1.29, 1.82) is 0 Å². The van der Waals surface area contributed by atoms with Crippen LogP contribution in [0, 0.1) is 0 Å². The van der Waals surface area contributed by atoms with Gasteiger partial charge in [0.15, 0.2) is 0 Å². The van der Waals surface area contributed by atoms with Gasteiger partial charge in [-0.2, -0.15) is 0 Å². The second-order valence-corrected chi connectivity index (χ2v) is 5.15. The zero-order chi connectivity index (χ0) is 13.2. The van der Waals surface area contributed by atoms with E-state index in [0.717, 1.165) is 18.4 Å². The van der Waals surface area contributed by atoms with Crippen LogP contribution in [0.5, 0.6) is 11.6 Å². The van der Waals surface area contributed by atoms with Crippen molar-refractivity contribution < 1.29 is 9.84 Å². The highest BCUT2D eigenvalue weighted by atomic mass is 35.5. The van der Waals surface area contributed by atoms with Crippen LogP contribution < -0.4 is 4.74 Å². The first-order valence-corrected chi connectivity index (χ1v) is 6.72. The summed E-state index contributed by atoms with van der Waals surface area (Å²) in [5, 5.41) is 10.5. The van der Waals surface area contributed by atoms with E-state index in [1.165, 1.54) is 6.42 Å². The van der Waals surface area contributed by atoms with Crippen molar-refractivity contribution in [2.24, 2.45) is 0 Å². The molecular weight excluding hydrogens is 262 g/mol. The number of hydrogen-bond donors (Lipinski definition) is 1. The molecule has 1 fully saturated rings. The van der Waals surface area contributed by atoms with Crippen molar-refractivity contribution in [3.05, 3.63) is 41.6 Å². The zero-order valence-electron chi connectivity index (χ0n) is 10.3. The van der Waals surface area contributed by atoms with Gasteiger partial charge in [-0.3, -0.25) is 0 Å². The Bertz CT molecular complexity index is 596. The molecule has 1 heterocycles. The van der Waals surface area contributed by atoms with Crippen molar-refractivity contribution in [3.63, 3.8) is 0 Å². The molecule has 98 valence electrons. The Labute approximate surface area is 116 Å². The van der Waals surface area contributed by atoms with Gasteiger partial charge in [0.2, 0.25) is 5.88 Å². The van der Waals surface area contributed by atoms with Gasteiger partial charge in [0, 0.05) is 22.8 Å². The number of phenolic OH excluding ortho intramolecular Hbond substituents is 1. The summed E-state index contributed by atoms with van der Waals surface area (Å²) in [6, 6.07) is 8.65. The van der Waals surface area contributed by atoms with Crippen molar-refractivity contribution in [3.8, 4) is 22.8 Å². The van der Waals surface area contributed by atoms with E-state index in [1.807, 2.05) is 12.1 Å². The molecule has 2 aromatic rings. The monoisotopic (exact) mass is 275 g/mol. The van der Waals surface area contributed by atoms with Gasteiger partial charge in [-0.05, 0) is 49.1 Å². The Balaban J connectivity index is 1.91. The predicted octanol–water partition coefficient (Wildman–Crippen LogP) is 4.04. The van der Waals surface area contributed by atoms with Gasteiger partial charge in [-0.25, -0.2) is 4.98 Å². The summed E-state index contributed by atoms with van der Waals surface area (Å²) in [5.74, 6) is 0.798. The summed E-state index contributed by atoms with van der Waals surface area (Å²) >= 11 is 5.96. The van der Waals surface area contributed by atoms with Crippen LogP contribution in [0.4, 0.5) is 0 Å². The summed E-state index contributed by atoms with van der Waals surface area (Å²) in [4.78, 5) is 4.20. The molecule has 1 N–H and O–H groups in total. The van der Waals surface area contributed by atoms with Crippen LogP contribution in [-0.4, -0.2) is 16.2 Å². The number of aromatic hydroxyl groups is 1. The molecule has 4 heteroatoms. The number of aromatic nitrogens is 1. The minimum Gasteiger partial charge on any atom is -0.507 e. The van der Waals surface area contributed by atoms with Crippen LogP contribution in [0.15, 0.2) is 36.5 Å². The molecule has 1 saturated carbocycles. The van der Waals surface area contributed by atoms with Crippen LogP contribution in [-0.2, 0) is 0 Å². The Hall–Kier alpha value is -1.74. The van der Waals surface area contributed by atoms with Crippen LogP contribution in [0.2, 0.25) is 5.02 Å². The molecule has 1 aromatic carbocycles. The van der Waals surface area contributed by atoms with Gasteiger partial charge in [-0.15, -0.1) is 0 Å². The number of pyridine rings is 1. The number of rotatable bonds is 3. The molecule has 0 unspecified atom stereocenters. The standard InChI is InChI=1S/C15H14ClNO2/c16-11-4-5-14(18)13(9-11)10-6-7-17-15(8-10)19-12-2-1-3-12/h4-9,12,18H,1-3H2. The first kappa shape index (κ1) is 12.3. The van der Waals surface area contributed by atoms with Gasteiger partial charge >= 0.3 is 0 Å². The third-order valence-electron chi connectivity index (χ3n) is 3.34. The Morgan fingerprint density at radius 3 is 2.79 bits per heavy atom. The number of hydrogen-bond acceptors (Lipinski definition) is 3. The maximum Gasteiger partial charge on any atom is 0.214 e. The largest absolute Gasteiger partial charge is 0.507 e. The first-order valence-electron chi connectivity index (χ1n) is 6.34. The lowest BCUT2D eigenvalue weighted by atomic mass is 9.96. The van der Waals surface area contributed by atoms with Gasteiger partial charge in [0.05, 0.1) is 0 Å². The minimum atomic E-state index is 0.199. The zero-order valence-corrected chi connectivity index (χ0v) is 11.1. The summed E-state index contributed by atoms with van der Waals surface area (Å²) < 4.78 is 5.76. The minimum absolute atomic E-state index is 0.199. The highest BCUT2D eigenvalue weighted by Gasteiger charge is 2.19. The molecule has 0 aliphatic heterocycles. The van der Waals surface area contributed by atoms with E-state index in [-0.39, 0.29) is 11.9 Å². The van der Waals surface area contributed by atoms with E-state index < -0.39 is 0 Å². The molecule has 1 aliphatic carbocycles. The van der Waals surface area contributed by atoms with Crippen LogP contribution in [0.1, 0.15) is 19.3 Å². The fraction of sp³-hybridized carbons (Fsp3) is 0.267. The average Bonchev–Trinajstić information content (AvgIpc) is 2.37. The lowest BCUT2D eigenvalue weighted by Crippen LogP contribution is -2.24. The Morgan fingerprint density at radius 1 is 1.21 bits per heavy atom. The third kappa shape index (κ3) is 2.66. The third-order valence-corrected chi connectivity index (χ3v) is 3.58. The smallest absolute Gasteiger partial charge is 0.214 e. The predicted molar refractivity (Wildman–Crippen MR) is 74.6 cm³/mol. The molecular formula is C15H14ClNO2. The lowest BCUT2D eigenvalue weighted by Gasteiger charge is -2.25. The molecule has 0 spiro atoms. The second kappa shape index (κ2) is 5.10. The number of halogens is 1. The Kier molecular flexibility index (Phi) is 3.30. The van der Waals surface area contributed by atoms with Gasteiger partial charge < -0.3 is 9.84 Å². The Morgan fingerprint density at radius 2 is 2.05 bits per heavy atom. The van der Waals surface area contributed by atoms with Gasteiger partial charge in [0.25, 0.3) is 0 Å². The van der Waals surface area contributed by atoms with E-state index >= 15 is 0 Å². The normalized spacial score (nSPS) is 15.0. The fourth-order valence-electron chi connectivity index (χ4n) is 2.04. The maximum atomic E-state index is 9.90. The highest BCUT2D eigenvalue weighted by molar-refractivity contribution is 6.31. The van der Waals surface area contributed by atoms with Crippen molar-refractivity contribution in [2.45, 2.75) is 25.4 Å². The summed E-state index contributed by atoms with van der Waals surface area (Å²) in [5.41, 5.74) is 1.54. The van der Waals surface area contributed by atoms with E-state index in [4.69, 9.17) is 16.3 Å². The average molecular weight is 276 g/mol. The van der Waals surface area contributed by atoms with E-state index in [2.05, 4.69) is 4.98 Å². The van der Waals surface area contributed by atoms with Crippen LogP contribution in [0.25, 0.3) is 11.1 Å². The molecule has 0 radical (unpaired) electrons. The number of nitrogens with zero attached hydrogens (tertiary/aromatic N) is 1.